The van der Waals surface area contributed by atoms with Crippen LogP contribution >= 0.6 is 0 Å². The van der Waals surface area contributed by atoms with Gasteiger partial charge in [-0.3, -0.25) is 4.79 Å². The number of hydrogen-bond acceptors (Lipinski definition) is 7. The largest absolute Gasteiger partial charge is 0.459 e. The van der Waals surface area contributed by atoms with Crippen molar-refractivity contribution in [3.8, 4) is 0 Å². The van der Waals surface area contributed by atoms with Gasteiger partial charge in [-0.25, -0.2) is 4.79 Å². The van der Waals surface area contributed by atoms with Crippen molar-refractivity contribution in [2.45, 2.75) is 26.4 Å². The fourth-order valence-corrected chi connectivity index (χ4v) is 1.59. The zero-order valence-electron chi connectivity index (χ0n) is 12.4. The highest BCUT2D eigenvalue weighted by atomic mass is 16.7. The normalized spacial score (nSPS) is 12.4. The molecule has 0 fully saturated rings. The molecule has 0 aromatic heterocycles. The first kappa shape index (κ1) is 16.8. The zero-order chi connectivity index (χ0) is 16.0. The summed E-state index contributed by atoms with van der Waals surface area (Å²) in [5.74, 6) is 2.11. The van der Waals surface area contributed by atoms with Gasteiger partial charge >= 0.3 is 11.9 Å². The van der Waals surface area contributed by atoms with E-state index in [9.17, 15) is 9.59 Å². The number of hydrogen-bond donors (Lipinski definition) is 3. The highest BCUT2D eigenvalue weighted by Gasteiger charge is 2.32. The summed E-state index contributed by atoms with van der Waals surface area (Å²) in [6, 6.07) is 6.99. The molecule has 0 aliphatic heterocycles. The molecule has 0 aliphatic carbocycles. The van der Waals surface area contributed by atoms with Gasteiger partial charge in [0.25, 0.3) is 0 Å². The lowest BCUT2D eigenvalue weighted by atomic mass is 10.1. The smallest absolute Gasteiger partial charge is 0.340 e. The van der Waals surface area contributed by atoms with Crippen molar-refractivity contribution in [1.29, 1.82) is 0 Å². The average Bonchev–Trinajstić information content (AvgIpc) is 2.38. The van der Waals surface area contributed by atoms with Crippen LogP contribution in [0.15, 0.2) is 24.3 Å². The van der Waals surface area contributed by atoms with Gasteiger partial charge in [-0.2, -0.15) is 5.90 Å². The van der Waals surface area contributed by atoms with E-state index in [1.807, 2.05) is 0 Å². The molecule has 1 aromatic rings. The minimum Gasteiger partial charge on any atom is -0.459 e. The number of ether oxygens (including phenoxy) is 1. The molecule has 0 amide bonds. The Bertz CT molecular complexity index is 511. The molecule has 0 radical (unpaired) electrons. The summed E-state index contributed by atoms with van der Waals surface area (Å²) < 4.78 is 5.17. The van der Waals surface area contributed by atoms with Gasteiger partial charge in [-0.05, 0) is 32.9 Å². The highest BCUT2D eigenvalue weighted by Crippen LogP contribution is 2.18. The van der Waals surface area contributed by atoms with Crippen LogP contribution in [0, 0.1) is 5.92 Å². The van der Waals surface area contributed by atoms with Gasteiger partial charge in [0.1, 0.15) is 5.60 Å². The van der Waals surface area contributed by atoms with E-state index in [4.69, 9.17) is 16.4 Å². The molecule has 1 rings (SSSR count). The molecular weight excluding hydrogens is 274 g/mol. The number of nitrogens with one attached hydrogen (secondary N) is 1. The number of benzene rings is 1. The Labute approximate surface area is 123 Å². The third-order valence-electron chi connectivity index (χ3n) is 2.55. The predicted octanol–water partition coefficient (Wildman–Crippen LogP) is 1.06. The highest BCUT2D eigenvalue weighted by molar-refractivity contribution is 5.95. The number of para-hydroxylation sites is 2. The van der Waals surface area contributed by atoms with Crippen molar-refractivity contribution in [3.05, 3.63) is 24.3 Å². The summed E-state index contributed by atoms with van der Waals surface area (Å²) in [7, 11) is 0. The first-order valence-corrected chi connectivity index (χ1v) is 6.46. The van der Waals surface area contributed by atoms with Crippen LogP contribution in [-0.4, -0.2) is 24.1 Å². The van der Waals surface area contributed by atoms with Gasteiger partial charge in [0.2, 0.25) is 0 Å². The molecule has 0 heterocycles. The maximum atomic E-state index is 12.0. The summed E-state index contributed by atoms with van der Waals surface area (Å²) in [6.45, 7) is 5.09. The van der Waals surface area contributed by atoms with Gasteiger partial charge in [-0.15, -0.1) is 0 Å². The average molecular weight is 295 g/mol. The standard InChI is InChI=1S/C14H21N3O4/c1-14(2,3)20-12(18)9(13(19)21-16)8-17-11-7-5-4-6-10(11)15/h4-7,9,17H,8,15-16H2,1-3H3. The summed E-state index contributed by atoms with van der Waals surface area (Å²) in [5.41, 5.74) is 6.17. The topological polar surface area (TPSA) is 117 Å². The molecule has 21 heavy (non-hydrogen) atoms. The summed E-state index contributed by atoms with van der Waals surface area (Å²) in [6.07, 6.45) is 0. The van der Waals surface area contributed by atoms with Crippen molar-refractivity contribution in [2.75, 3.05) is 17.6 Å². The molecule has 116 valence electrons. The second kappa shape index (κ2) is 6.94. The monoisotopic (exact) mass is 295 g/mol. The van der Waals surface area contributed by atoms with E-state index in [0.717, 1.165) is 0 Å². The maximum Gasteiger partial charge on any atom is 0.340 e. The van der Waals surface area contributed by atoms with Gasteiger partial charge in [0, 0.05) is 6.54 Å². The fourth-order valence-electron chi connectivity index (χ4n) is 1.59. The SMILES string of the molecule is CC(C)(C)OC(=O)C(CNc1ccccc1N)C(=O)ON. The van der Waals surface area contributed by atoms with Crippen molar-refractivity contribution in [2.24, 2.45) is 11.8 Å². The molecule has 1 aromatic carbocycles. The van der Waals surface area contributed by atoms with Gasteiger partial charge in [-0.1, -0.05) is 12.1 Å². The van der Waals surface area contributed by atoms with Crippen molar-refractivity contribution < 1.29 is 19.2 Å². The molecule has 7 nitrogen and oxygen atoms in total. The van der Waals surface area contributed by atoms with E-state index in [1.165, 1.54) is 0 Å². The molecule has 5 N–H and O–H groups in total. The Balaban J connectivity index is 2.78. The number of rotatable bonds is 5. The van der Waals surface area contributed by atoms with Crippen LogP contribution in [0.3, 0.4) is 0 Å². The minimum atomic E-state index is -1.17. The van der Waals surface area contributed by atoms with Crippen molar-refractivity contribution in [1.82, 2.24) is 0 Å². The predicted molar refractivity (Wildman–Crippen MR) is 79.0 cm³/mol. The maximum absolute atomic E-state index is 12.0. The molecule has 1 unspecified atom stereocenters. The Kier molecular flexibility index (Phi) is 5.54. The van der Waals surface area contributed by atoms with Crippen LogP contribution in [0.4, 0.5) is 11.4 Å². The number of nitrogen functional groups attached to an aromatic ring is 1. The third-order valence-corrected chi connectivity index (χ3v) is 2.55. The van der Waals surface area contributed by atoms with E-state index in [1.54, 1.807) is 45.0 Å². The number of anilines is 2. The number of esters is 1. The molecule has 0 saturated heterocycles. The lowest BCUT2D eigenvalue weighted by Gasteiger charge is -2.23. The van der Waals surface area contributed by atoms with E-state index in [2.05, 4.69) is 10.2 Å². The Morgan fingerprint density at radius 3 is 2.38 bits per heavy atom. The summed E-state index contributed by atoms with van der Waals surface area (Å²) >= 11 is 0. The second-order valence-corrected chi connectivity index (χ2v) is 5.49. The van der Waals surface area contributed by atoms with Crippen LogP contribution in [-0.2, 0) is 19.2 Å². The van der Waals surface area contributed by atoms with E-state index in [0.29, 0.717) is 11.4 Å². The molecule has 1 atom stereocenters. The van der Waals surface area contributed by atoms with Gasteiger partial charge < -0.3 is 20.6 Å². The Morgan fingerprint density at radius 1 is 1.24 bits per heavy atom. The Hall–Kier alpha value is -2.28. The lowest BCUT2D eigenvalue weighted by Crippen LogP contribution is -2.38. The van der Waals surface area contributed by atoms with E-state index in [-0.39, 0.29) is 6.54 Å². The molecule has 0 spiro atoms. The molecule has 0 aliphatic rings. The van der Waals surface area contributed by atoms with Crippen LogP contribution in [0.1, 0.15) is 20.8 Å². The van der Waals surface area contributed by atoms with Crippen LogP contribution in [0.25, 0.3) is 0 Å². The summed E-state index contributed by atoms with van der Waals surface area (Å²) in [5, 5.41) is 2.91. The van der Waals surface area contributed by atoms with E-state index >= 15 is 0 Å². The van der Waals surface area contributed by atoms with Crippen molar-refractivity contribution >= 4 is 23.3 Å². The molecule has 7 heteroatoms. The van der Waals surface area contributed by atoms with Crippen molar-refractivity contribution in [3.63, 3.8) is 0 Å². The second-order valence-electron chi connectivity index (χ2n) is 5.49. The number of nitrogens with two attached hydrogens (primary N) is 2. The van der Waals surface area contributed by atoms with Crippen LogP contribution < -0.4 is 16.9 Å². The lowest BCUT2D eigenvalue weighted by molar-refractivity contribution is -0.168. The van der Waals surface area contributed by atoms with Crippen LogP contribution in [0.2, 0.25) is 0 Å². The minimum absolute atomic E-state index is 0.0286. The van der Waals surface area contributed by atoms with Gasteiger partial charge in [0.15, 0.2) is 5.92 Å². The number of carbonyl (C=O) groups excluding carboxylic acids is 2. The third kappa shape index (κ3) is 5.31. The first-order valence-electron chi connectivity index (χ1n) is 6.46. The van der Waals surface area contributed by atoms with E-state index < -0.39 is 23.5 Å². The molecular formula is C14H21N3O4. The number of carbonyl (C=O) groups is 2. The van der Waals surface area contributed by atoms with Gasteiger partial charge in [0.05, 0.1) is 11.4 Å². The zero-order valence-corrected chi connectivity index (χ0v) is 12.4. The summed E-state index contributed by atoms with van der Waals surface area (Å²) in [4.78, 5) is 27.8. The molecule has 0 bridgehead atoms. The first-order chi connectivity index (χ1) is 9.74. The Morgan fingerprint density at radius 2 is 1.86 bits per heavy atom. The van der Waals surface area contributed by atoms with Crippen LogP contribution in [0.5, 0.6) is 0 Å². The quantitative estimate of drug-likeness (QED) is 0.322. The fraction of sp³-hybridized carbons (Fsp3) is 0.429. The molecule has 0 saturated carbocycles.